The van der Waals surface area contributed by atoms with E-state index in [0.29, 0.717) is 31.0 Å². The van der Waals surface area contributed by atoms with Crippen molar-refractivity contribution in [3.05, 3.63) is 95.2 Å². The van der Waals surface area contributed by atoms with E-state index in [2.05, 4.69) is 15.2 Å². The van der Waals surface area contributed by atoms with Crippen LogP contribution in [0.4, 0.5) is 11.5 Å². The lowest BCUT2D eigenvalue weighted by Crippen LogP contribution is -2.36. The van der Waals surface area contributed by atoms with Crippen LogP contribution in [0.15, 0.2) is 72.9 Å². The van der Waals surface area contributed by atoms with Crippen molar-refractivity contribution in [2.75, 3.05) is 36.5 Å². The van der Waals surface area contributed by atoms with Gasteiger partial charge in [0.25, 0.3) is 0 Å². The molecule has 0 aliphatic carbocycles. The number of ether oxygens (including phenoxy) is 1. The minimum absolute atomic E-state index is 0.0733. The largest absolute Gasteiger partial charge is 0.378 e. The molecule has 0 atom stereocenters. The van der Waals surface area contributed by atoms with E-state index in [1.54, 1.807) is 18.3 Å². The SMILES string of the molecule is Cc1cccc(C(=O)Cc2cccc(/C=C/C(=O)Nc3ccc(N4CCOCC4)cn3)c2)c1. The third kappa shape index (κ3) is 6.37. The molecule has 3 aromatic rings. The van der Waals surface area contributed by atoms with Crippen LogP contribution < -0.4 is 10.2 Å². The lowest BCUT2D eigenvalue weighted by Gasteiger charge is -2.28. The standard InChI is InChI=1S/C27H27N3O3/c1-20-4-2-7-23(16-20)25(31)18-22-6-3-5-21(17-22)8-11-27(32)29-26-10-9-24(19-28-26)30-12-14-33-15-13-30/h2-11,16-17,19H,12-15,18H2,1H3,(H,28,29,32)/b11-8+. The average Bonchev–Trinajstić information content (AvgIpc) is 2.84. The maximum Gasteiger partial charge on any atom is 0.249 e. The molecule has 1 aliphatic rings. The van der Waals surface area contributed by atoms with Crippen LogP contribution in [0.25, 0.3) is 6.08 Å². The Bertz CT molecular complexity index is 1150. The van der Waals surface area contributed by atoms with E-state index in [1.165, 1.54) is 6.08 Å². The summed E-state index contributed by atoms with van der Waals surface area (Å²) in [6, 6.07) is 19.0. The quantitative estimate of drug-likeness (QED) is 0.437. The first-order valence-corrected chi connectivity index (χ1v) is 11.0. The molecule has 0 unspecified atom stereocenters. The van der Waals surface area contributed by atoms with Crippen molar-refractivity contribution in [2.45, 2.75) is 13.3 Å². The summed E-state index contributed by atoms with van der Waals surface area (Å²) in [6.07, 6.45) is 5.28. The highest BCUT2D eigenvalue weighted by Gasteiger charge is 2.11. The zero-order chi connectivity index (χ0) is 23.0. The third-order valence-corrected chi connectivity index (χ3v) is 5.46. The van der Waals surface area contributed by atoms with Crippen molar-refractivity contribution < 1.29 is 14.3 Å². The van der Waals surface area contributed by atoms with Gasteiger partial charge in [0.2, 0.25) is 5.91 Å². The number of morpholine rings is 1. The highest BCUT2D eigenvalue weighted by Crippen LogP contribution is 2.17. The van der Waals surface area contributed by atoms with Crippen molar-refractivity contribution in [1.82, 2.24) is 4.98 Å². The van der Waals surface area contributed by atoms with E-state index in [4.69, 9.17) is 4.74 Å². The number of nitrogens with one attached hydrogen (secondary N) is 1. The van der Waals surface area contributed by atoms with Gasteiger partial charge in [-0.15, -0.1) is 0 Å². The zero-order valence-electron chi connectivity index (χ0n) is 18.7. The highest BCUT2D eigenvalue weighted by atomic mass is 16.5. The number of aromatic nitrogens is 1. The normalized spacial score (nSPS) is 13.8. The van der Waals surface area contributed by atoms with Crippen molar-refractivity contribution in [1.29, 1.82) is 0 Å². The second-order valence-electron chi connectivity index (χ2n) is 8.04. The Labute approximate surface area is 193 Å². The molecule has 33 heavy (non-hydrogen) atoms. The molecule has 1 aliphatic heterocycles. The number of rotatable bonds is 7. The Morgan fingerprint density at radius 3 is 2.64 bits per heavy atom. The van der Waals surface area contributed by atoms with Gasteiger partial charge in [-0.2, -0.15) is 0 Å². The van der Waals surface area contributed by atoms with Gasteiger partial charge in [-0.3, -0.25) is 9.59 Å². The Morgan fingerprint density at radius 2 is 1.88 bits per heavy atom. The molecule has 0 saturated carbocycles. The van der Waals surface area contributed by atoms with Gasteiger partial charge < -0.3 is 15.0 Å². The van der Waals surface area contributed by atoms with Crippen LogP contribution in [0.1, 0.15) is 27.0 Å². The van der Waals surface area contributed by atoms with Gasteiger partial charge in [-0.1, -0.05) is 48.0 Å². The number of nitrogens with zero attached hydrogens (tertiary/aromatic N) is 2. The number of pyridine rings is 1. The van der Waals surface area contributed by atoms with Crippen LogP contribution in [0.2, 0.25) is 0 Å². The highest BCUT2D eigenvalue weighted by molar-refractivity contribution is 6.01. The van der Waals surface area contributed by atoms with Crippen LogP contribution in [0, 0.1) is 6.92 Å². The van der Waals surface area contributed by atoms with Crippen molar-refractivity contribution in [2.24, 2.45) is 0 Å². The van der Waals surface area contributed by atoms with Gasteiger partial charge in [0, 0.05) is 31.1 Å². The summed E-state index contributed by atoms with van der Waals surface area (Å²) >= 11 is 0. The molecule has 168 valence electrons. The summed E-state index contributed by atoms with van der Waals surface area (Å²) < 4.78 is 5.37. The molecule has 6 heteroatoms. The fourth-order valence-corrected chi connectivity index (χ4v) is 3.72. The third-order valence-electron chi connectivity index (χ3n) is 5.46. The molecule has 1 fully saturated rings. The molecule has 1 saturated heterocycles. The molecular formula is C27H27N3O3. The van der Waals surface area contributed by atoms with Crippen LogP contribution in [-0.4, -0.2) is 43.0 Å². The summed E-state index contributed by atoms with van der Waals surface area (Å²) in [4.78, 5) is 31.5. The van der Waals surface area contributed by atoms with E-state index < -0.39 is 0 Å². The summed E-state index contributed by atoms with van der Waals surface area (Å²) in [5.74, 6) is 0.311. The fourth-order valence-electron chi connectivity index (χ4n) is 3.72. The Morgan fingerprint density at radius 1 is 1.06 bits per heavy atom. The van der Waals surface area contributed by atoms with Crippen molar-refractivity contribution in [3.8, 4) is 0 Å². The van der Waals surface area contributed by atoms with Gasteiger partial charge >= 0.3 is 0 Å². The molecule has 0 bridgehead atoms. The molecule has 2 aromatic carbocycles. The van der Waals surface area contributed by atoms with Gasteiger partial charge in [0.05, 0.1) is 25.1 Å². The van der Waals surface area contributed by atoms with E-state index in [9.17, 15) is 9.59 Å². The van der Waals surface area contributed by atoms with E-state index in [0.717, 1.165) is 35.5 Å². The predicted octanol–water partition coefficient (Wildman–Crippen LogP) is 4.30. The number of amides is 1. The predicted molar refractivity (Wildman–Crippen MR) is 131 cm³/mol. The first-order valence-electron chi connectivity index (χ1n) is 11.0. The topological polar surface area (TPSA) is 71.5 Å². The minimum atomic E-state index is -0.261. The number of hydrogen-bond acceptors (Lipinski definition) is 5. The van der Waals surface area contributed by atoms with Gasteiger partial charge in [-0.25, -0.2) is 4.98 Å². The molecule has 0 spiro atoms. The lowest BCUT2D eigenvalue weighted by atomic mass is 10.00. The van der Waals surface area contributed by atoms with Crippen molar-refractivity contribution >= 4 is 29.3 Å². The minimum Gasteiger partial charge on any atom is -0.378 e. The smallest absolute Gasteiger partial charge is 0.249 e. The van der Waals surface area contributed by atoms with Crippen molar-refractivity contribution in [3.63, 3.8) is 0 Å². The monoisotopic (exact) mass is 441 g/mol. The molecular weight excluding hydrogens is 414 g/mol. The van der Waals surface area contributed by atoms with E-state index in [-0.39, 0.29) is 11.7 Å². The fraction of sp³-hybridized carbons (Fsp3) is 0.222. The molecule has 2 heterocycles. The summed E-state index contributed by atoms with van der Waals surface area (Å²) in [7, 11) is 0. The van der Waals surface area contributed by atoms with Gasteiger partial charge in [0.15, 0.2) is 5.78 Å². The number of ketones is 1. The number of anilines is 2. The summed E-state index contributed by atoms with van der Waals surface area (Å²) in [5, 5.41) is 2.78. The lowest BCUT2D eigenvalue weighted by molar-refractivity contribution is -0.111. The first-order chi connectivity index (χ1) is 16.1. The Balaban J connectivity index is 1.34. The number of hydrogen-bond donors (Lipinski definition) is 1. The van der Waals surface area contributed by atoms with Gasteiger partial charge in [0.1, 0.15) is 5.82 Å². The molecule has 1 N–H and O–H groups in total. The summed E-state index contributed by atoms with van der Waals surface area (Å²) in [6.45, 7) is 5.08. The second kappa shape index (κ2) is 10.7. The Hall–Kier alpha value is -3.77. The van der Waals surface area contributed by atoms with Crippen LogP contribution in [0.5, 0.6) is 0 Å². The molecule has 1 amide bonds. The molecule has 1 aromatic heterocycles. The first kappa shape index (κ1) is 22.4. The van der Waals surface area contributed by atoms with Gasteiger partial charge in [-0.05, 0) is 42.3 Å². The number of Topliss-reactive ketones (excluding diaryl/α,β-unsaturated/α-hetero) is 1. The molecule has 0 radical (unpaired) electrons. The zero-order valence-corrected chi connectivity index (χ0v) is 18.7. The van der Waals surface area contributed by atoms with E-state index >= 15 is 0 Å². The number of carbonyl (C=O) groups excluding carboxylic acids is 2. The summed E-state index contributed by atoms with van der Waals surface area (Å²) in [5.41, 5.74) is 4.56. The number of benzene rings is 2. The van der Waals surface area contributed by atoms with E-state index in [1.807, 2.05) is 61.5 Å². The number of carbonyl (C=O) groups is 2. The van der Waals surface area contributed by atoms with Crippen LogP contribution in [0.3, 0.4) is 0 Å². The Kier molecular flexibility index (Phi) is 7.27. The maximum absolute atomic E-state index is 12.6. The maximum atomic E-state index is 12.6. The van der Waals surface area contributed by atoms with Crippen LogP contribution in [-0.2, 0) is 16.0 Å². The van der Waals surface area contributed by atoms with Crippen LogP contribution >= 0.6 is 0 Å². The average molecular weight is 442 g/mol. The second-order valence-corrected chi connectivity index (χ2v) is 8.04. The number of aryl methyl sites for hydroxylation is 1. The molecule has 6 nitrogen and oxygen atoms in total. The molecule has 4 rings (SSSR count).